The first kappa shape index (κ1) is 15.5. The van der Waals surface area contributed by atoms with E-state index in [-0.39, 0.29) is 5.91 Å². The molecule has 0 aromatic rings. The molecule has 0 aromatic heterocycles. The first-order valence-electron chi connectivity index (χ1n) is 7.64. The largest absolute Gasteiger partial charge is 0.376 e. The summed E-state index contributed by atoms with van der Waals surface area (Å²) in [6, 6.07) is 0.661. The van der Waals surface area contributed by atoms with Crippen LogP contribution in [0.1, 0.15) is 19.8 Å². The van der Waals surface area contributed by atoms with Crippen molar-refractivity contribution in [2.45, 2.75) is 31.9 Å². The van der Waals surface area contributed by atoms with Crippen LogP contribution in [0.5, 0.6) is 0 Å². The molecule has 2 aliphatic heterocycles. The molecule has 0 spiro atoms. The van der Waals surface area contributed by atoms with Crippen molar-refractivity contribution in [2.75, 3.05) is 45.9 Å². The van der Waals surface area contributed by atoms with Crippen LogP contribution < -0.4 is 5.32 Å². The third-order valence-electron chi connectivity index (χ3n) is 4.16. The molecule has 1 amide bonds. The van der Waals surface area contributed by atoms with Gasteiger partial charge in [-0.2, -0.15) is 0 Å². The predicted molar refractivity (Wildman–Crippen MR) is 79.7 cm³/mol. The topological polar surface area (TPSA) is 44.8 Å². The van der Waals surface area contributed by atoms with Crippen molar-refractivity contribution in [2.24, 2.45) is 0 Å². The van der Waals surface area contributed by atoms with E-state index in [4.69, 9.17) is 4.74 Å². The Balaban J connectivity index is 1.69. The van der Waals surface area contributed by atoms with Crippen molar-refractivity contribution in [1.82, 2.24) is 15.1 Å². The van der Waals surface area contributed by atoms with E-state index in [2.05, 4.69) is 28.6 Å². The Kier molecular flexibility index (Phi) is 6.01. The lowest BCUT2D eigenvalue weighted by Crippen LogP contribution is -2.52. The summed E-state index contributed by atoms with van der Waals surface area (Å²) in [5, 5.41) is 2.83. The zero-order valence-corrected chi connectivity index (χ0v) is 12.5. The van der Waals surface area contributed by atoms with Crippen LogP contribution in [0.2, 0.25) is 0 Å². The SMILES string of the molecule is C=CCNC(=O)CN1CCC(N2CCOC(C)C2)CC1. The summed E-state index contributed by atoms with van der Waals surface area (Å²) < 4.78 is 5.60. The minimum atomic E-state index is 0.100. The van der Waals surface area contributed by atoms with Crippen molar-refractivity contribution < 1.29 is 9.53 Å². The highest BCUT2D eigenvalue weighted by atomic mass is 16.5. The summed E-state index contributed by atoms with van der Waals surface area (Å²) in [5.41, 5.74) is 0. The van der Waals surface area contributed by atoms with Crippen molar-refractivity contribution in [3.8, 4) is 0 Å². The third kappa shape index (κ3) is 4.58. The lowest BCUT2D eigenvalue weighted by molar-refractivity contribution is -0.122. The maximum atomic E-state index is 11.7. The van der Waals surface area contributed by atoms with Crippen LogP contribution in [0.3, 0.4) is 0 Å². The molecule has 2 rings (SSSR count). The number of hydrogen-bond donors (Lipinski definition) is 1. The first-order valence-corrected chi connectivity index (χ1v) is 7.64. The Bertz CT molecular complexity index is 327. The van der Waals surface area contributed by atoms with Gasteiger partial charge in [-0.05, 0) is 19.8 Å². The van der Waals surface area contributed by atoms with Crippen LogP contribution in [0.4, 0.5) is 0 Å². The van der Waals surface area contributed by atoms with E-state index >= 15 is 0 Å². The van der Waals surface area contributed by atoms with Crippen LogP contribution in [-0.2, 0) is 9.53 Å². The molecule has 1 atom stereocenters. The van der Waals surface area contributed by atoms with Gasteiger partial charge in [0.15, 0.2) is 0 Å². The second kappa shape index (κ2) is 7.76. The molecule has 5 heteroatoms. The van der Waals surface area contributed by atoms with E-state index in [0.29, 0.717) is 25.2 Å². The average Bonchev–Trinajstić information content (AvgIpc) is 2.46. The number of carbonyl (C=O) groups excluding carboxylic acids is 1. The van der Waals surface area contributed by atoms with Gasteiger partial charge in [0, 0.05) is 38.8 Å². The molecule has 2 fully saturated rings. The van der Waals surface area contributed by atoms with E-state index < -0.39 is 0 Å². The highest BCUT2D eigenvalue weighted by Gasteiger charge is 2.28. The average molecular weight is 281 g/mol. The van der Waals surface area contributed by atoms with E-state index in [1.165, 1.54) is 0 Å². The molecule has 2 aliphatic rings. The second-order valence-electron chi connectivity index (χ2n) is 5.78. The Hall–Kier alpha value is -0.910. The Morgan fingerprint density at radius 1 is 1.40 bits per heavy atom. The number of piperidine rings is 1. The number of rotatable bonds is 5. The molecule has 2 heterocycles. The standard InChI is InChI=1S/C15H27N3O2/c1-3-6-16-15(19)12-17-7-4-14(5-8-17)18-9-10-20-13(2)11-18/h3,13-14H,1,4-12H2,2H3,(H,16,19). The molecule has 0 saturated carbocycles. The molecule has 0 aliphatic carbocycles. The number of amides is 1. The summed E-state index contributed by atoms with van der Waals surface area (Å²) in [6.07, 6.45) is 4.37. The number of hydrogen-bond acceptors (Lipinski definition) is 4. The van der Waals surface area contributed by atoms with Gasteiger partial charge in [0.25, 0.3) is 0 Å². The highest BCUT2D eigenvalue weighted by molar-refractivity contribution is 5.78. The monoisotopic (exact) mass is 281 g/mol. The van der Waals surface area contributed by atoms with Gasteiger partial charge < -0.3 is 10.1 Å². The maximum absolute atomic E-state index is 11.7. The molecule has 114 valence electrons. The van der Waals surface area contributed by atoms with Gasteiger partial charge in [-0.1, -0.05) is 6.08 Å². The number of ether oxygens (including phenoxy) is 1. The minimum Gasteiger partial charge on any atom is -0.376 e. The van der Waals surface area contributed by atoms with Gasteiger partial charge in [0.1, 0.15) is 0 Å². The molecule has 0 radical (unpaired) electrons. The molecular weight excluding hydrogens is 254 g/mol. The molecule has 2 saturated heterocycles. The summed E-state index contributed by atoms with van der Waals surface area (Å²) in [7, 11) is 0. The molecular formula is C15H27N3O2. The summed E-state index contributed by atoms with van der Waals surface area (Å²) in [4.78, 5) is 16.5. The number of carbonyl (C=O) groups is 1. The quantitative estimate of drug-likeness (QED) is 0.744. The summed E-state index contributed by atoms with van der Waals surface area (Å²) in [6.45, 7) is 11.8. The van der Waals surface area contributed by atoms with Gasteiger partial charge in [-0.25, -0.2) is 0 Å². The lowest BCUT2D eigenvalue weighted by Gasteiger charge is -2.41. The summed E-state index contributed by atoms with van der Waals surface area (Å²) >= 11 is 0. The van der Waals surface area contributed by atoms with Crippen molar-refractivity contribution in [1.29, 1.82) is 0 Å². The Morgan fingerprint density at radius 2 is 2.15 bits per heavy atom. The van der Waals surface area contributed by atoms with Gasteiger partial charge >= 0.3 is 0 Å². The lowest BCUT2D eigenvalue weighted by atomic mass is 10.0. The van der Waals surface area contributed by atoms with Crippen LogP contribution >= 0.6 is 0 Å². The van der Waals surface area contributed by atoms with Crippen LogP contribution in [-0.4, -0.2) is 73.7 Å². The zero-order chi connectivity index (χ0) is 14.4. The zero-order valence-electron chi connectivity index (χ0n) is 12.5. The Morgan fingerprint density at radius 3 is 2.80 bits per heavy atom. The third-order valence-corrected chi connectivity index (χ3v) is 4.16. The van der Waals surface area contributed by atoms with Crippen LogP contribution in [0.15, 0.2) is 12.7 Å². The van der Waals surface area contributed by atoms with Gasteiger partial charge in [-0.15, -0.1) is 6.58 Å². The number of nitrogens with one attached hydrogen (secondary N) is 1. The number of likely N-dealkylation sites (tertiary alicyclic amines) is 1. The van der Waals surface area contributed by atoms with E-state index in [1.807, 2.05) is 0 Å². The minimum absolute atomic E-state index is 0.100. The van der Waals surface area contributed by atoms with Crippen LogP contribution in [0.25, 0.3) is 0 Å². The van der Waals surface area contributed by atoms with E-state index in [1.54, 1.807) is 6.08 Å². The fourth-order valence-electron chi connectivity index (χ4n) is 3.06. The first-order chi connectivity index (χ1) is 9.69. The smallest absolute Gasteiger partial charge is 0.234 e. The molecule has 0 bridgehead atoms. The number of morpholine rings is 1. The fraction of sp³-hybridized carbons (Fsp3) is 0.800. The van der Waals surface area contributed by atoms with Gasteiger partial charge in [0.05, 0.1) is 19.3 Å². The molecule has 1 unspecified atom stereocenters. The molecule has 5 nitrogen and oxygen atoms in total. The fourth-order valence-corrected chi connectivity index (χ4v) is 3.06. The molecule has 1 N–H and O–H groups in total. The number of nitrogens with zero attached hydrogens (tertiary/aromatic N) is 2. The second-order valence-corrected chi connectivity index (χ2v) is 5.78. The van der Waals surface area contributed by atoms with Crippen molar-refractivity contribution in [3.05, 3.63) is 12.7 Å². The molecule has 0 aromatic carbocycles. The van der Waals surface area contributed by atoms with Crippen molar-refractivity contribution in [3.63, 3.8) is 0 Å². The Labute approximate surface area is 121 Å². The van der Waals surface area contributed by atoms with Crippen molar-refractivity contribution >= 4 is 5.91 Å². The van der Waals surface area contributed by atoms with E-state index in [0.717, 1.165) is 45.6 Å². The van der Waals surface area contributed by atoms with Gasteiger partial charge in [0.2, 0.25) is 5.91 Å². The van der Waals surface area contributed by atoms with E-state index in [9.17, 15) is 4.79 Å². The highest BCUT2D eigenvalue weighted by Crippen LogP contribution is 2.19. The van der Waals surface area contributed by atoms with Crippen LogP contribution in [0, 0.1) is 0 Å². The predicted octanol–water partition coefficient (Wildman–Crippen LogP) is 0.474. The molecule has 20 heavy (non-hydrogen) atoms. The normalized spacial score (nSPS) is 26.4. The summed E-state index contributed by atoms with van der Waals surface area (Å²) in [5.74, 6) is 0.100. The maximum Gasteiger partial charge on any atom is 0.234 e. The van der Waals surface area contributed by atoms with Gasteiger partial charge in [-0.3, -0.25) is 14.6 Å².